The molecule has 0 aromatic heterocycles. The maximum Gasteiger partial charge on any atom is 0.237 e. The van der Waals surface area contributed by atoms with E-state index in [9.17, 15) is 4.79 Å². The molecule has 4 heteroatoms. The molecule has 20 heavy (non-hydrogen) atoms. The van der Waals surface area contributed by atoms with Crippen molar-refractivity contribution in [2.45, 2.75) is 81.2 Å². The molecule has 3 fully saturated rings. The van der Waals surface area contributed by atoms with Crippen LogP contribution < -0.4 is 10.6 Å². The van der Waals surface area contributed by atoms with Gasteiger partial charge in [-0.2, -0.15) is 11.8 Å². The summed E-state index contributed by atoms with van der Waals surface area (Å²) >= 11 is 1.96. The second-order valence-corrected chi connectivity index (χ2v) is 7.97. The lowest BCUT2D eigenvalue weighted by atomic mass is 9.85. The molecular formula is C16H28N2OS. The lowest BCUT2D eigenvalue weighted by Gasteiger charge is -2.29. The Balaban J connectivity index is 1.49. The molecule has 3 rings (SSSR count). The number of thioether (sulfide) groups is 1. The smallest absolute Gasteiger partial charge is 0.237 e. The first-order chi connectivity index (χ1) is 9.76. The van der Waals surface area contributed by atoms with Gasteiger partial charge < -0.3 is 10.6 Å². The summed E-state index contributed by atoms with van der Waals surface area (Å²) in [6, 6.07) is 1.11. The van der Waals surface area contributed by atoms with Crippen LogP contribution in [0.25, 0.3) is 0 Å². The van der Waals surface area contributed by atoms with Gasteiger partial charge in [0.15, 0.2) is 0 Å². The first-order valence-electron chi connectivity index (χ1n) is 8.35. The largest absolute Gasteiger partial charge is 0.352 e. The number of hydrogen-bond acceptors (Lipinski definition) is 3. The Morgan fingerprint density at radius 3 is 2.75 bits per heavy atom. The standard InChI is InChI=1S/C16H28N2OS/c1-20-13-7-4-6-12(10-13)17-16(19)15-9-11-5-2-3-8-14(11)18-15/h11-15,18H,2-10H2,1H3,(H,17,19). The quantitative estimate of drug-likeness (QED) is 0.841. The third-order valence-electron chi connectivity index (χ3n) is 5.49. The van der Waals surface area contributed by atoms with Crippen molar-refractivity contribution in [1.29, 1.82) is 0 Å². The summed E-state index contributed by atoms with van der Waals surface area (Å²) < 4.78 is 0. The number of nitrogens with one attached hydrogen (secondary N) is 2. The Morgan fingerprint density at radius 1 is 1.10 bits per heavy atom. The van der Waals surface area contributed by atoms with E-state index in [2.05, 4.69) is 16.9 Å². The molecule has 5 atom stereocenters. The van der Waals surface area contributed by atoms with Crippen molar-refractivity contribution in [2.24, 2.45) is 5.92 Å². The van der Waals surface area contributed by atoms with Crippen LogP contribution in [0.4, 0.5) is 0 Å². The van der Waals surface area contributed by atoms with E-state index in [-0.39, 0.29) is 11.9 Å². The minimum Gasteiger partial charge on any atom is -0.352 e. The average Bonchev–Trinajstić information content (AvgIpc) is 2.91. The maximum absolute atomic E-state index is 12.5. The van der Waals surface area contributed by atoms with Gasteiger partial charge in [-0.3, -0.25) is 4.79 Å². The fourth-order valence-electron chi connectivity index (χ4n) is 4.31. The van der Waals surface area contributed by atoms with Crippen molar-refractivity contribution in [3.63, 3.8) is 0 Å². The Kier molecular flexibility index (Phi) is 4.92. The molecule has 1 amide bonds. The van der Waals surface area contributed by atoms with Gasteiger partial charge in [0, 0.05) is 17.3 Å². The van der Waals surface area contributed by atoms with E-state index in [0.717, 1.165) is 24.0 Å². The van der Waals surface area contributed by atoms with Crippen LogP contribution in [0.3, 0.4) is 0 Å². The van der Waals surface area contributed by atoms with Crippen LogP contribution >= 0.6 is 11.8 Å². The number of hydrogen-bond donors (Lipinski definition) is 2. The number of fused-ring (bicyclic) bond motifs is 1. The second kappa shape index (κ2) is 6.69. The molecule has 0 spiro atoms. The first kappa shape index (κ1) is 14.7. The van der Waals surface area contributed by atoms with Crippen molar-refractivity contribution >= 4 is 17.7 Å². The van der Waals surface area contributed by atoms with Crippen molar-refractivity contribution in [3.05, 3.63) is 0 Å². The summed E-state index contributed by atoms with van der Waals surface area (Å²) in [6.07, 6.45) is 13.4. The van der Waals surface area contributed by atoms with Gasteiger partial charge in [0.1, 0.15) is 0 Å². The van der Waals surface area contributed by atoms with E-state index < -0.39 is 0 Å². The summed E-state index contributed by atoms with van der Waals surface area (Å²) in [7, 11) is 0. The van der Waals surface area contributed by atoms with Crippen LogP contribution in [0.2, 0.25) is 0 Å². The van der Waals surface area contributed by atoms with Crippen molar-refractivity contribution in [1.82, 2.24) is 10.6 Å². The van der Waals surface area contributed by atoms with Gasteiger partial charge in [-0.15, -0.1) is 0 Å². The van der Waals surface area contributed by atoms with Crippen LogP contribution in [-0.2, 0) is 4.79 Å². The molecule has 114 valence electrons. The maximum atomic E-state index is 12.5. The van der Waals surface area contributed by atoms with Gasteiger partial charge in [0.2, 0.25) is 5.91 Å². The fraction of sp³-hybridized carbons (Fsp3) is 0.938. The number of carbonyl (C=O) groups is 1. The zero-order chi connectivity index (χ0) is 13.9. The van der Waals surface area contributed by atoms with E-state index in [1.807, 2.05) is 11.8 Å². The molecule has 0 radical (unpaired) electrons. The fourth-order valence-corrected chi connectivity index (χ4v) is 5.14. The minimum atomic E-state index is 0.0813. The Bertz CT molecular complexity index is 335. The molecule has 2 aliphatic carbocycles. The molecule has 0 bridgehead atoms. The average molecular weight is 296 g/mol. The van der Waals surface area contributed by atoms with Gasteiger partial charge in [0.25, 0.3) is 0 Å². The van der Waals surface area contributed by atoms with Crippen LogP contribution in [0.15, 0.2) is 0 Å². The van der Waals surface area contributed by atoms with Gasteiger partial charge in [-0.25, -0.2) is 0 Å². The highest BCUT2D eigenvalue weighted by Crippen LogP contribution is 2.33. The highest BCUT2D eigenvalue weighted by Gasteiger charge is 2.38. The number of rotatable bonds is 3. The Morgan fingerprint density at radius 2 is 1.95 bits per heavy atom. The number of carbonyl (C=O) groups excluding carboxylic acids is 1. The molecule has 0 aromatic carbocycles. The van der Waals surface area contributed by atoms with E-state index in [0.29, 0.717) is 12.1 Å². The molecule has 3 nitrogen and oxygen atoms in total. The third-order valence-corrected chi connectivity index (χ3v) is 6.58. The minimum absolute atomic E-state index is 0.0813. The van der Waals surface area contributed by atoms with E-state index in [4.69, 9.17) is 0 Å². The highest BCUT2D eigenvalue weighted by molar-refractivity contribution is 7.99. The Hall–Kier alpha value is -0.220. The normalized spacial score (nSPS) is 41.1. The van der Waals surface area contributed by atoms with Gasteiger partial charge in [-0.1, -0.05) is 19.3 Å². The molecule has 2 saturated carbocycles. The van der Waals surface area contributed by atoms with E-state index >= 15 is 0 Å². The van der Waals surface area contributed by atoms with Crippen molar-refractivity contribution < 1.29 is 4.79 Å². The molecule has 1 heterocycles. The van der Waals surface area contributed by atoms with Gasteiger partial charge in [0.05, 0.1) is 6.04 Å². The summed E-state index contributed by atoms with van der Waals surface area (Å²) in [4.78, 5) is 12.5. The van der Waals surface area contributed by atoms with Gasteiger partial charge in [-0.05, 0) is 50.7 Å². The van der Waals surface area contributed by atoms with Crippen LogP contribution in [0, 0.1) is 5.92 Å². The second-order valence-electron chi connectivity index (χ2n) is 6.84. The molecule has 1 aliphatic heterocycles. The molecule has 0 aromatic rings. The van der Waals surface area contributed by atoms with Crippen molar-refractivity contribution in [2.75, 3.05) is 6.26 Å². The highest BCUT2D eigenvalue weighted by atomic mass is 32.2. The van der Waals surface area contributed by atoms with Gasteiger partial charge >= 0.3 is 0 Å². The van der Waals surface area contributed by atoms with Crippen molar-refractivity contribution in [3.8, 4) is 0 Å². The SMILES string of the molecule is CSC1CCCC(NC(=O)C2CC3CCCCC3N2)C1. The lowest BCUT2D eigenvalue weighted by molar-refractivity contribution is -0.123. The molecule has 5 unspecified atom stereocenters. The monoisotopic (exact) mass is 296 g/mol. The molecular weight excluding hydrogens is 268 g/mol. The molecule has 1 saturated heterocycles. The predicted octanol–water partition coefficient (Wildman–Crippen LogP) is 2.70. The summed E-state index contributed by atoms with van der Waals surface area (Å²) in [6.45, 7) is 0. The third kappa shape index (κ3) is 3.33. The zero-order valence-corrected chi connectivity index (χ0v) is 13.4. The molecule has 3 aliphatic rings. The summed E-state index contributed by atoms with van der Waals surface area (Å²) in [5, 5.41) is 7.65. The Labute approximate surface area is 127 Å². The van der Waals surface area contributed by atoms with Crippen LogP contribution in [0.5, 0.6) is 0 Å². The topological polar surface area (TPSA) is 41.1 Å². The summed E-state index contributed by atoms with van der Waals surface area (Å²) in [5.41, 5.74) is 0. The summed E-state index contributed by atoms with van der Waals surface area (Å²) in [5.74, 6) is 1.02. The number of amides is 1. The predicted molar refractivity (Wildman–Crippen MR) is 85.0 cm³/mol. The zero-order valence-electron chi connectivity index (χ0n) is 12.6. The first-order valence-corrected chi connectivity index (χ1v) is 9.64. The van der Waals surface area contributed by atoms with E-state index in [1.54, 1.807) is 0 Å². The van der Waals surface area contributed by atoms with Crippen LogP contribution in [-0.4, -0.2) is 35.5 Å². The van der Waals surface area contributed by atoms with E-state index in [1.165, 1.54) is 44.9 Å². The van der Waals surface area contributed by atoms with Crippen LogP contribution in [0.1, 0.15) is 57.8 Å². The lowest BCUT2D eigenvalue weighted by Crippen LogP contribution is -2.48. The molecule has 2 N–H and O–H groups in total.